The third-order valence-corrected chi connectivity index (χ3v) is 13.2. The van der Waals surface area contributed by atoms with Gasteiger partial charge in [-0.2, -0.15) is 0 Å². The van der Waals surface area contributed by atoms with Gasteiger partial charge in [0.1, 0.15) is 29.1 Å². The van der Waals surface area contributed by atoms with Crippen LogP contribution in [-0.2, 0) is 42.3 Å². The van der Waals surface area contributed by atoms with Crippen molar-refractivity contribution in [3.63, 3.8) is 0 Å². The summed E-state index contributed by atoms with van der Waals surface area (Å²) in [7, 11) is 10.1. The Balaban J connectivity index is 0.000000522. The number of benzene rings is 6. The van der Waals surface area contributed by atoms with E-state index in [0.717, 1.165) is 21.9 Å². The maximum Gasteiger partial charge on any atom is 0.183 e. The molecule has 6 aromatic heterocycles. The molecule has 0 amide bonds. The van der Waals surface area contributed by atoms with E-state index in [9.17, 15) is 57.1 Å². The van der Waals surface area contributed by atoms with Crippen molar-refractivity contribution in [2.24, 2.45) is 42.3 Å². The maximum atomic E-state index is 13.4. The summed E-state index contributed by atoms with van der Waals surface area (Å²) >= 11 is 0. The number of nitrogens with zero attached hydrogens (tertiary/aromatic N) is 6. The number of halogens is 13. The van der Waals surface area contributed by atoms with Crippen molar-refractivity contribution >= 4 is 65.4 Å². The van der Waals surface area contributed by atoms with E-state index in [2.05, 4.69) is 0 Å². The average molecular weight is 1270 g/mol. The normalized spacial score (nSPS) is 10.0. The second kappa shape index (κ2) is 37.0. The van der Waals surface area contributed by atoms with Gasteiger partial charge in [0.15, 0.2) is 46.5 Å². The molecule has 19 heteroatoms. The average Bonchev–Trinajstić information content (AvgIpc) is 1.66. The molecular weight excluding hydrogens is 1180 g/mol. The summed E-state index contributed by atoms with van der Waals surface area (Å²) in [5.74, 6) is -9.60. The molecule has 0 spiro atoms. The molecule has 0 radical (unpaired) electrons. The highest BCUT2D eigenvalue weighted by atomic mass is 19.2. The lowest BCUT2D eigenvalue weighted by atomic mass is 10.1. The highest BCUT2D eigenvalue weighted by Gasteiger charge is 2.20. The van der Waals surface area contributed by atoms with E-state index in [1.54, 1.807) is 124 Å². The van der Waals surface area contributed by atoms with Crippen LogP contribution >= 0.6 is 0 Å². The fourth-order valence-corrected chi connectivity index (χ4v) is 9.07. The molecule has 0 aliphatic rings. The van der Waals surface area contributed by atoms with Gasteiger partial charge in [0.25, 0.3) is 0 Å². The number of aromatic nitrogens is 6. The summed E-state index contributed by atoms with van der Waals surface area (Å²) in [4.78, 5) is 0. The van der Waals surface area contributed by atoms with E-state index in [0.29, 0.717) is 50.1 Å². The Morgan fingerprint density at radius 3 is 0.967 bits per heavy atom. The highest BCUT2D eigenvalue weighted by Crippen LogP contribution is 2.30. The Kier molecular flexibility index (Phi) is 32.7. The van der Waals surface area contributed by atoms with Gasteiger partial charge in [0.05, 0.1) is 33.1 Å². The summed E-state index contributed by atoms with van der Waals surface area (Å²) in [6.07, 6.45) is 9.93. The molecule has 12 rings (SSSR count). The Morgan fingerprint density at radius 1 is 0.222 bits per heavy atom. The molecule has 0 bridgehead atoms. The summed E-state index contributed by atoms with van der Waals surface area (Å²) in [6, 6.07) is 18.1. The molecule has 0 atom stereocenters. The third-order valence-electron chi connectivity index (χ3n) is 13.2. The van der Waals surface area contributed by atoms with Gasteiger partial charge in [0.2, 0.25) is 0 Å². The highest BCUT2D eigenvalue weighted by molar-refractivity contribution is 5.86. The summed E-state index contributed by atoms with van der Waals surface area (Å²) in [6.45, 7) is 31.9. The predicted octanol–water partition coefficient (Wildman–Crippen LogP) is 22.6. The first kappa shape index (κ1) is 79.7. The molecule has 90 heavy (non-hydrogen) atoms. The monoisotopic (exact) mass is 1270 g/mol. The molecule has 6 nitrogen and oxygen atoms in total. The van der Waals surface area contributed by atoms with Crippen molar-refractivity contribution in [3.05, 3.63) is 213 Å². The number of hydrogen-bond acceptors (Lipinski definition) is 0. The van der Waals surface area contributed by atoms with Crippen LogP contribution in [-0.4, -0.2) is 27.4 Å². The van der Waals surface area contributed by atoms with Crippen molar-refractivity contribution < 1.29 is 57.1 Å². The first-order valence-corrected chi connectivity index (χ1v) is 29.7. The summed E-state index contributed by atoms with van der Waals surface area (Å²) < 4.78 is 181. The quantitative estimate of drug-likeness (QED) is 0.107. The summed E-state index contributed by atoms with van der Waals surface area (Å²) in [5.41, 5.74) is 3.73. The van der Waals surface area contributed by atoms with Gasteiger partial charge in [-0.3, -0.25) is 0 Å². The minimum absolute atomic E-state index is 0.0365. The minimum atomic E-state index is -1.16. The van der Waals surface area contributed by atoms with E-state index in [4.69, 9.17) is 0 Å². The van der Waals surface area contributed by atoms with Gasteiger partial charge >= 0.3 is 0 Å². The zero-order valence-corrected chi connectivity index (χ0v) is 56.0. The standard InChI is InChI=1S/C10H8F3N.3C10H9F2N.C10H10FN.C9H6F3N.6C2H6/c1-5-7(11)6-3-4-14(2)10(6)9(13)8(5)12;1-6-5-8(11)10-7(9(6)12)3-4-13(10)2;2*1-6-5-7-3-4-13(2)10(7)9(12)8(6)11;1-7-3-4-9(11)8-5-6-12(2)10(7)8;1-13-3-2-5-6(10)4-7(11)8(12)9(5)13;6*1-2/h3-4H,1-2H3;3*3-5H,1-2H3;3-6H,1-2H3;2-4H,1H3;6*1-2H3. The SMILES string of the molecule is CC.CC.CC.CC.CC.CC.Cc1c(F)c(F)c2c(ccn2C)c1F.Cc1cc(F)c2c(ccn2C)c1F.Cc1cc2ccn(C)c2c(F)c1F.Cc1cc2ccn(C)c2c(F)c1F.Cc1ccc(F)c2ccn(C)c12.Cn1ccc2c(F)cc(F)c(F)c21. The molecule has 0 aliphatic heterocycles. The molecule has 6 aromatic carbocycles. The predicted molar refractivity (Wildman–Crippen MR) is 349 cm³/mol. The third kappa shape index (κ3) is 17.7. The van der Waals surface area contributed by atoms with E-state index >= 15 is 0 Å². The Bertz CT molecular complexity index is 4130. The van der Waals surface area contributed by atoms with Gasteiger partial charge in [-0.05, 0) is 118 Å². The van der Waals surface area contributed by atoms with Gasteiger partial charge < -0.3 is 27.4 Å². The van der Waals surface area contributed by atoms with Crippen LogP contribution in [0.5, 0.6) is 0 Å². The Labute approximate surface area is 521 Å². The molecular formula is C71H87F13N6. The lowest BCUT2D eigenvalue weighted by Gasteiger charge is -2.04. The minimum Gasteiger partial charge on any atom is -0.350 e. The zero-order valence-electron chi connectivity index (χ0n) is 56.0. The van der Waals surface area contributed by atoms with Crippen LogP contribution in [0.4, 0.5) is 57.1 Å². The van der Waals surface area contributed by atoms with Gasteiger partial charge in [-0.1, -0.05) is 89.2 Å². The van der Waals surface area contributed by atoms with Crippen molar-refractivity contribution in [2.45, 2.75) is 118 Å². The largest absolute Gasteiger partial charge is 0.350 e. The second-order valence-corrected chi connectivity index (χ2v) is 18.7. The number of fused-ring (bicyclic) bond motifs is 6. The van der Waals surface area contributed by atoms with Crippen LogP contribution in [0.1, 0.15) is 111 Å². The fourth-order valence-electron chi connectivity index (χ4n) is 9.07. The first-order chi connectivity index (χ1) is 42.7. The van der Waals surface area contributed by atoms with Crippen LogP contribution in [0.15, 0.2) is 110 Å². The number of aryl methyl sites for hydroxylation is 10. The molecule has 0 unspecified atom stereocenters. The number of rotatable bonds is 0. The smallest absolute Gasteiger partial charge is 0.183 e. The second-order valence-electron chi connectivity index (χ2n) is 18.7. The Hall–Kier alpha value is -8.35. The lowest BCUT2D eigenvalue weighted by molar-refractivity contribution is 0.494. The van der Waals surface area contributed by atoms with Crippen LogP contribution in [0.25, 0.3) is 65.4 Å². The van der Waals surface area contributed by atoms with Crippen molar-refractivity contribution in [2.75, 3.05) is 0 Å². The molecule has 0 saturated carbocycles. The molecule has 0 fully saturated rings. The molecule has 6 heterocycles. The Morgan fingerprint density at radius 2 is 0.544 bits per heavy atom. The molecule has 0 saturated heterocycles. The van der Waals surface area contributed by atoms with E-state index in [1.165, 1.54) is 59.8 Å². The van der Waals surface area contributed by atoms with Crippen LogP contribution < -0.4 is 0 Å². The van der Waals surface area contributed by atoms with Crippen LogP contribution in [0, 0.1) is 110 Å². The topological polar surface area (TPSA) is 29.6 Å². The molecule has 0 N–H and O–H groups in total. The van der Waals surface area contributed by atoms with E-state index in [1.807, 2.05) is 108 Å². The lowest BCUT2D eigenvalue weighted by Crippen LogP contribution is -1.98. The number of hydrogen-bond donors (Lipinski definition) is 0. The van der Waals surface area contributed by atoms with Gasteiger partial charge in [-0.25, -0.2) is 57.1 Å². The van der Waals surface area contributed by atoms with Gasteiger partial charge in [-0.15, -0.1) is 0 Å². The van der Waals surface area contributed by atoms with Crippen molar-refractivity contribution in [1.29, 1.82) is 0 Å². The molecule has 492 valence electrons. The first-order valence-electron chi connectivity index (χ1n) is 29.7. The van der Waals surface area contributed by atoms with E-state index < -0.39 is 58.2 Å². The van der Waals surface area contributed by atoms with Crippen LogP contribution in [0.2, 0.25) is 0 Å². The van der Waals surface area contributed by atoms with Crippen molar-refractivity contribution in [1.82, 2.24) is 27.4 Å². The van der Waals surface area contributed by atoms with E-state index in [-0.39, 0.29) is 44.8 Å². The van der Waals surface area contributed by atoms with Crippen LogP contribution in [0.3, 0.4) is 0 Å². The molecule has 12 aromatic rings. The summed E-state index contributed by atoms with van der Waals surface area (Å²) in [5, 5.41) is 2.74. The maximum absolute atomic E-state index is 13.4. The van der Waals surface area contributed by atoms with Crippen molar-refractivity contribution in [3.8, 4) is 0 Å². The fraction of sp³-hybridized carbons (Fsp3) is 0.324. The van der Waals surface area contributed by atoms with Gasteiger partial charge in [0, 0.05) is 123 Å². The molecule has 0 aliphatic carbocycles. The zero-order chi connectivity index (χ0) is 69.5.